The summed E-state index contributed by atoms with van der Waals surface area (Å²) >= 11 is 0. The van der Waals surface area contributed by atoms with Crippen LogP contribution in [0.25, 0.3) is 11.3 Å². The molecule has 0 unspecified atom stereocenters. The third-order valence-electron chi connectivity index (χ3n) is 6.97. The molecule has 3 fully saturated rings. The van der Waals surface area contributed by atoms with Crippen LogP contribution in [-0.4, -0.2) is 58.4 Å². The SMILES string of the molecule is Nc1ncc(-c2cc([C@H]3[C@@H]4C[C@H](N5CCOCC5)C[C@@H]43)n(CC(F)F)n2)cc1C(F)(F)F. The van der Waals surface area contributed by atoms with Gasteiger partial charge < -0.3 is 10.5 Å². The zero-order chi connectivity index (χ0) is 22.6. The second kappa shape index (κ2) is 7.95. The number of ether oxygens (including phenoxy) is 1. The molecule has 0 amide bonds. The van der Waals surface area contributed by atoms with Crippen LogP contribution in [0, 0.1) is 11.8 Å². The van der Waals surface area contributed by atoms with Gasteiger partial charge in [-0.1, -0.05) is 0 Å². The molecule has 1 saturated heterocycles. The minimum atomic E-state index is -4.66. The van der Waals surface area contributed by atoms with Gasteiger partial charge in [0, 0.05) is 42.5 Å². The lowest BCUT2D eigenvalue weighted by molar-refractivity contribution is -0.137. The van der Waals surface area contributed by atoms with Gasteiger partial charge in [-0.25, -0.2) is 13.8 Å². The highest BCUT2D eigenvalue weighted by Gasteiger charge is 2.58. The van der Waals surface area contributed by atoms with Crippen LogP contribution < -0.4 is 5.73 Å². The Hall–Kier alpha value is -2.27. The average molecular weight is 457 g/mol. The molecule has 2 aliphatic carbocycles. The topological polar surface area (TPSA) is 69.2 Å². The van der Waals surface area contributed by atoms with Crippen LogP contribution in [0.2, 0.25) is 0 Å². The number of nitrogen functional groups attached to an aromatic ring is 1. The van der Waals surface area contributed by atoms with Gasteiger partial charge in [-0.3, -0.25) is 9.58 Å². The molecule has 5 rings (SSSR count). The Kier molecular flexibility index (Phi) is 5.36. The Balaban J connectivity index is 1.39. The molecule has 32 heavy (non-hydrogen) atoms. The van der Waals surface area contributed by atoms with Gasteiger partial charge in [0.05, 0.1) is 24.5 Å². The summed E-state index contributed by atoms with van der Waals surface area (Å²) in [6.07, 6.45) is -4.09. The van der Waals surface area contributed by atoms with E-state index in [1.807, 2.05) is 0 Å². The van der Waals surface area contributed by atoms with Crippen molar-refractivity contribution in [2.45, 2.75) is 43.9 Å². The fourth-order valence-corrected chi connectivity index (χ4v) is 5.45. The standard InChI is InChI=1S/C21H24F5N5O/c22-18(23)10-31-17(19-13-6-12(7-14(13)19)30-1-3-32-4-2-30)8-16(29-31)11-5-15(21(24,25)26)20(27)28-9-11/h5,8-9,12-14,18-19H,1-4,6-7,10H2,(H2,27,28)/t12-,13+,14-,19-. The van der Waals surface area contributed by atoms with Crippen molar-refractivity contribution in [2.24, 2.45) is 11.8 Å². The molecule has 2 aromatic rings. The molecule has 2 saturated carbocycles. The Labute approximate surface area is 181 Å². The van der Waals surface area contributed by atoms with Crippen molar-refractivity contribution in [1.29, 1.82) is 0 Å². The van der Waals surface area contributed by atoms with E-state index in [0.29, 0.717) is 23.6 Å². The Morgan fingerprint density at radius 1 is 1.12 bits per heavy atom. The molecule has 6 nitrogen and oxygen atoms in total. The van der Waals surface area contributed by atoms with E-state index in [9.17, 15) is 22.0 Å². The van der Waals surface area contributed by atoms with E-state index >= 15 is 0 Å². The van der Waals surface area contributed by atoms with Crippen LogP contribution in [-0.2, 0) is 17.5 Å². The van der Waals surface area contributed by atoms with Gasteiger partial charge >= 0.3 is 6.18 Å². The number of aromatic nitrogens is 3. The number of rotatable bonds is 5. The minimum absolute atomic E-state index is 0.108. The summed E-state index contributed by atoms with van der Waals surface area (Å²) in [6, 6.07) is 3.00. The Bertz CT molecular complexity index is 975. The first kappa shape index (κ1) is 21.6. The summed E-state index contributed by atoms with van der Waals surface area (Å²) in [6.45, 7) is 2.69. The molecule has 0 radical (unpaired) electrons. The number of nitrogens with zero attached hydrogens (tertiary/aromatic N) is 4. The third kappa shape index (κ3) is 3.96. The maximum Gasteiger partial charge on any atom is 0.419 e. The predicted octanol–water partition coefficient (Wildman–Crippen LogP) is 3.64. The fourth-order valence-electron chi connectivity index (χ4n) is 5.45. The first-order valence-electron chi connectivity index (χ1n) is 10.7. The summed E-state index contributed by atoms with van der Waals surface area (Å²) in [4.78, 5) is 6.08. The largest absolute Gasteiger partial charge is 0.419 e. The molecule has 2 N–H and O–H groups in total. The summed E-state index contributed by atoms with van der Waals surface area (Å²) in [5, 5.41) is 4.23. The molecule has 4 atom stereocenters. The van der Waals surface area contributed by atoms with Crippen LogP contribution in [0.1, 0.15) is 30.0 Å². The van der Waals surface area contributed by atoms with Gasteiger partial charge in [0.25, 0.3) is 6.43 Å². The lowest BCUT2D eigenvalue weighted by Gasteiger charge is -2.33. The van der Waals surface area contributed by atoms with Crippen LogP contribution in [0.4, 0.5) is 27.8 Å². The van der Waals surface area contributed by atoms with Crippen LogP contribution >= 0.6 is 0 Å². The van der Waals surface area contributed by atoms with E-state index in [1.165, 1.54) is 10.9 Å². The summed E-state index contributed by atoms with van der Waals surface area (Å²) in [5.74, 6) is 0.258. The van der Waals surface area contributed by atoms with Gasteiger partial charge in [-0.15, -0.1) is 0 Å². The van der Waals surface area contributed by atoms with Crippen LogP contribution in [0.5, 0.6) is 0 Å². The summed E-state index contributed by atoms with van der Waals surface area (Å²) in [7, 11) is 0. The molecule has 0 aromatic carbocycles. The van der Waals surface area contributed by atoms with Crippen molar-refractivity contribution in [3.63, 3.8) is 0 Å². The van der Waals surface area contributed by atoms with E-state index < -0.39 is 30.5 Å². The smallest absolute Gasteiger partial charge is 0.383 e. The normalized spacial score (nSPS) is 28.3. The van der Waals surface area contributed by atoms with Crippen molar-refractivity contribution in [3.8, 4) is 11.3 Å². The molecular formula is C21H24F5N5O. The second-order valence-corrected chi connectivity index (χ2v) is 8.81. The van der Waals surface area contributed by atoms with Crippen molar-refractivity contribution in [1.82, 2.24) is 19.7 Å². The number of halogens is 5. The Morgan fingerprint density at radius 3 is 2.44 bits per heavy atom. The number of alkyl halides is 5. The monoisotopic (exact) mass is 457 g/mol. The maximum atomic E-state index is 13.2. The van der Waals surface area contributed by atoms with Crippen molar-refractivity contribution < 1.29 is 26.7 Å². The number of nitrogens with two attached hydrogens (primary N) is 1. The number of hydrogen-bond donors (Lipinski definition) is 1. The van der Waals surface area contributed by atoms with Crippen LogP contribution in [0.3, 0.4) is 0 Å². The quantitative estimate of drug-likeness (QED) is 0.695. The van der Waals surface area contributed by atoms with E-state index in [4.69, 9.17) is 10.5 Å². The maximum absolute atomic E-state index is 13.2. The number of hydrogen-bond acceptors (Lipinski definition) is 5. The van der Waals surface area contributed by atoms with Crippen molar-refractivity contribution >= 4 is 5.82 Å². The van der Waals surface area contributed by atoms with E-state index in [2.05, 4.69) is 15.0 Å². The highest BCUT2D eigenvalue weighted by molar-refractivity contribution is 5.63. The predicted molar refractivity (Wildman–Crippen MR) is 106 cm³/mol. The highest BCUT2D eigenvalue weighted by atomic mass is 19.4. The third-order valence-corrected chi connectivity index (χ3v) is 6.97. The molecule has 0 bridgehead atoms. The van der Waals surface area contributed by atoms with Gasteiger partial charge in [0.2, 0.25) is 0 Å². The minimum Gasteiger partial charge on any atom is -0.383 e. The van der Waals surface area contributed by atoms with Gasteiger partial charge in [-0.05, 0) is 36.8 Å². The van der Waals surface area contributed by atoms with Crippen molar-refractivity contribution in [3.05, 3.63) is 29.6 Å². The highest BCUT2D eigenvalue weighted by Crippen LogP contribution is 2.64. The Morgan fingerprint density at radius 2 is 1.81 bits per heavy atom. The zero-order valence-corrected chi connectivity index (χ0v) is 17.2. The first-order valence-corrected chi connectivity index (χ1v) is 10.7. The van der Waals surface area contributed by atoms with E-state index in [1.54, 1.807) is 6.07 Å². The average Bonchev–Trinajstić information content (AvgIpc) is 3.07. The van der Waals surface area contributed by atoms with Gasteiger partial charge in [0.1, 0.15) is 12.4 Å². The molecule has 174 valence electrons. The fraction of sp³-hybridized carbons (Fsp3) is 0.619. The first-order chi connectivity index (χ1) is 15.2. The summed E-state index contributed by atoms with van der Waals surface area (Å²) in [5.41, 5.74) is 5.30. The number of fused-ring (bicyclic) bond motifs is 1. The zero-order valence-electron chi connectivity index (χ0n) is 17.2. The lowest BCUT2D eigenvalue weighted by Crippen LogP contribution is -2.43. The summed E-state index contributed by atoms with van der Waals surface area (Å²) < 4.78 is 72.8. The second-order valence-electron chi connectivity index (χ2n) is 8.81. The van der Waals surface area contributed by atoms with Crippen molar-refractivity contribution in [2.75, 3.05) is 32.0 Å². The van der Waals surface area contributed by atoms with Crippen LogP contribution in [0.15, 0.2) is 18.3 Å². The lowest BCUT2D eigenvalue weighted by atomic mass is 10.0. The molecule has 11 heteroatoms. The number of pyridine rings is 1. The number of anilines is 1. The number of morpholine rings is 1. The molecule has 3 heterocycles. The van der Waals surface area contributed by atoms with E-state index in [0.717, 1.165) is 45.2 Å². The van der Waals surface area contributed by atoms with Gasteiger partial charge in [-0.2, -0.15) is 18.3 Å². The molecule has 2 aromatic heterocycles. The van der Waals surface area contributed by atoms with Gasteiger partial charge in [0.15, 0.2) is 0 Å². The molecular weight excluding hydrogens is 433 g/mol. The molecule has 1 aliphatic heterocycles. The van der Waals surface area contributed by atoms with E-state index in [-0.39, 0.29) is 17.2 Å². The molecule has 3 aliphatic rings. The molecule has 0 spiro atoms.